The summed E-state index contributed by atoms with van der Waals surface area (Å²) < 4.78 is 13.6. The first-order chi connectivity index (χ1) is 16.0. The van der Waals surface area contributed by atoms with Crippen molar-refractivity contribution in [3.05, 3.63) is 89.9 Å². The highest BCUT2D eigenvalue weighted by molar-refractivity contribution is 14.1. The molecule has 1 N–H and O–H groups in total. The van der Waals surface area contributed by atoms with E-state index in [0.29, 0.717) is 23.3 Å². The van der Waals surface area contributed by atoms with Gasteiger partial charge in [0.1, 0.15) is 18.1 Å². The van der Waals surface area contributed by atoms with Crippen molar-refractivity contribution in [3.8, 4) is 11.5 Å². The van der Waals surface area contributed by atoms with Gasteiger partial charge in [0.25, 0.3) is 5.91 Å². The molecule has 1 aliphatic heterocycles. The summed E-state index contributed by atoms with van der Waals surface area (Å²) in [5, 5.41) is 3.39. The fourth-order valence-electron chi connectivity index (χ4n) is 3.00. The maximum atomic E-state index is 12.4. The van der Waals surface area contributed by atoms with Gasteiger partial charge in [0.05, 0.1) is 20.8 Å². The van der Waals surface area contributed by atoms with Crippen molar-refractivity contribution in [1.82, 2.24) is 5.32 Å². The Hall–Kier alpha value is -2.05. The van der Waals surface area contributed by atoms with Gasteiger partial charge in [0.15, 0.2) is 5.17 Å². The van der Waals surface area contributed by atoms with Crippen molar-refractivity contribution in [1.29, 1.82) is 0 Å². The summed E-state index contributed by atoms with van der Waals surface area (Å²) in [6.45, 7) is 3.07. The second-order valence-electron chi connectivity index (χ2n) is 7.01. The Morgan fingerprint density at radius 3 is 2.45 bits per heavy atom. The van der Waals surface area contributed by atoms with Crippen LogP contribution in [0.5, 0.6) is 11.5 Å². The first-order valence-electron chi connectivity index (χ1n) is 10.2. The minimum atomic E-state index is -0.154. The highest BCUT2D eigenvalue weighted by Gasteiger charge is 2.24. The number of hydrogen-bond acceptors (Lipinski definition) is 5. The van der Waals surface area contributed by atoms with E-state index in [1.165, 1.54) is 15.3 Å². The van der Waals surface area contributed by atoms with Crippen molar-refractivity contribution in [3.63, 3.8) is 0 Å². The number of nitrogens with zero attached hydrogens (tertiary/aromatic N) is 1. The number of benzene rings is 3. The zero-order chi connectivity index (χ0) is 23.2. The van der Waals surface area contributed by atoms with Gasteiger partial charge in [-0.25, -0.2) is 4.99 Å². The first-order valence-corrected chi connectivity index (χ1v) is 13.2. The number of halogens is 2. The molecule has 3 aromatic carbocycles. The molecule has 1 heterocycles. The van der Waals surface area contributed by atoms with Gasteiger partial charge in [0.2, 0.25) is 0 Å². The third kappa shape index (κ3) is 6.73. The molecule has 0 saturated carbocycles. The van der Waals surface area contributed by atoms with Gasteiger partial charge in [-0.3, -0.25) is 4.79 Å². The smallest absolute Gasteiger partial charge is 0.264 e. The molecule has 1 aliphatic rings. The lowest BCUT2D eigenvalue weighted by molar-refractivity contribution is -0.115. The molecule has 3 aromatic rings. The summed E-state index contributed by atoms with van der Waals surface area (Å²) in [6, 6.07) is 21.6. The van der Waals surface area contributed by atoms with Crippen molar-refractivity contribution in [2.24, 2.45) is 4.99 Å². The fraction of sp³-hybridized carbons (Fsp3) is 0.120. The maximum Gasteiger partial charge on any atom is 0.264 e. The number of carbonyl (C=O) groups is 1. The Bertz CT molecular complexity index is 1210. The zero-order valence-electron chi connectivity index (χ0n) is 17.7. The summed E-state index contributed by atoms with van der Waals surface area (Å²) in [7, 11) is 0. The molecule has 1 amide bonds. The zero-order valence-corrected chi connectivity index (χ0v) is 22.8. The minimum Gasteiger partial charge on any atom is -0.494 e. The van der Waals surface area contributed by atoms with Gasteiger partial charge < -0.3 is 14.8 Å². The van der Waals surface area contributed by atoms with Crippen LogP contribution in [0.4, 0.5) is 5.69 Å². The van der Waals surface area contributed by atoms with E-state index in [1.807, 2.05) is 55.5 Å². The van der Waals surface area contributed by atoms with E-state index < -0.39 is 0 Å². The highest BCUT2D eigenvalue weighted by atomic mass is 127. The predicted molar refractivity (Wildman–Crippen MR) is 151 cm³/mol. The summed E-state index contributed by atoms with van der Waals surface area (Å²) in [6.07, 6.45) is 1.87. The normalized spacial score (nSPS) is 15.7. The number of nitrogens with one attached hydrogen (secondary N) is 1. The number of aliphatic imine (C=N–C) groups is 1. The number of thioether (sulfide) groups is 1. The fourth-order valence-corrected chi connectivity index (χ4v) is 4.89. The van der Waals surface area contributed by atoms with E-state index in [1.54, 1.807) is 0 Å². The second-order valence-corrected chi connectivity index (χ2v) is 10.5. The van der Waals surface area contributed by atoms with E-state index in [-0.39, 0.29) is 5.91 Å². The van der Waals surface area contributed by atoms with Gasteiger partial charge in [0, 0.05) is 3.57 Å². The molecule has 4 rings (SSSR count). The standard InChI is InChI=1S/C25H20I2N2O3S/c1-2-31-20-10-8-19(9-11-20)28-25-29-24(30)23(33-25)14-17-5-12-22(21(27)13-17)32-15-16-3-6-18(26)7-4-16/h3-14H,2,15H2,1H3,(H,28,29,30)/b23-14+. The van der Waals surface area contributed by atoms with E-state index in [9.17, 15) is 4.79 Å². The van der Waals surface area contributed by atoms with Crippen LogP contribution in [0, 0.1) is 7.14 Å². The molecule has 33 heavy (non-hydrogen) atoms. The highest BCUT2D eigenvalue weighted by Crippen LogP contribution is 2.30. The molecule has 8 heteroatoms. The molecule has 0 radical (unpaired) electrons. The lowest BCUT2D eigenvalue weighted by Crippen LogP contribution is -2.19. The van der Waals surface area contributed by atoms with Crippen LogP contribution in [0.15, 0.2) is 76.6 Å². The number of carbonyl (C=O) groups excluding carboxylic acids is 1. The SMILES string of the molecule is CCOc1ccc(N=C2NC(=O)/C(=C\c3ccc(OCc4ccc(I)cc4)c(I)c3)S2)cc1. The molecule has 0 aromatic heterocycles. The van der Waals surface area contributed by atoms with Gasteiger partial charge >= 0.3 is 0 Å². The van der Waals surface area contributed by atoms with Crippen LogP contribution in [0.2, 0.25) is 0 Å². The molecule has 168 valence electrons. The van der Waals surface area contributed by atoms with Crippen LogP contribution in [-0.2, 0) is 11.4 Å². The van der Waals surface area contributed by atoms with E-state index in [4.69, 9.17) is 9.47 Å². The lowest BCUT2D eigenvalue weighted by atomic mass is 10.2. The van der Waals surface area contributed by atoms with Gasteiger partial charge in [-0.2, -0.15) is 0 Å². The van der Waals surface area contributed by atoms with E-state index in [0.717, 1.165) is 31.9 Å². The van der Waals surface area contributed by atoms with Crippen LogP contribution in [0.3, 0.4) is 0 Å². The number of rotatable bonds is 7. The number of ether oxygens (including phenoxy) is 2. The summed E-state index contributed by atoms with van der Waals surface area (Å²) in [5.41, 5.74) is 2.81. The Morgan fingerprint density at radius 2 is 1.76 bits per heavy atom. The third-order valence-corrected chi connectivity index (χ3v) is 7.06. The molecular formula is C25H20I2N2O3S. The van der Waals surface area contributed by atoms with Crippen molar-refractivity contribution in [2.75, 3.05) is 6.61 Å². The molecule has 1 fully saturated rings. The number of amides is 1. The molecule has 5 nitrogen and oxygen atoms in total. The van der Waals surface area contributed by atoms with Crippen LogP contribution in [-0.4, -0.2) is 17.7 Å². The monoisotopic (exact) mass is 682 g/mol. The Kier molecular flexibility index (Phi) is 8.31. The molecule has 1 saturated heterocycles. The van der Waals surface area contributed by atoms with Crippen LogP contribution < -0.4 is 14.8 Å². The first kappa shape index (κ1) is 24.1. The van der Waals surface area contributed by atoms with Crippen LogP contribution in [0.25, 0.3) is 6.08 Å². The average Bonchev–Trinajstić information content (AvgIpc) is 3.14. The molecule has 0 unspecified atom stereocenters. The Balaban J connectivity index is 1.42. The van der Waals surface area contributed by atoms with E-state index >= 15 is 0 Å². The van der Waals surface area contributed by atoms with Crippen LogP contribution >= 0.6 is 56.9 Å². The summed E-state index contributed by atoms with van der Waals surface area (Å²) in [5.74, 6) is 1.46. The second kappa shape index (κ2) is 11.4. The third-order valence-electron chi connectivity index (χ3n) is 4.59. The Morgan fingerprint density at radius 1 is 1.00 bits per heavy atom. The topological polar surface area (TPSA) is 59.9 Å². The van der Waals surface area contributed by atoms with Gasteiger partial charge in [-0.15, -0.1) is 0 Å². The summed E-state index contributed by atoms with van der Waals surface area (Å²) >= 11 is 5.87. The largest absolute Gasteiger partial charge is 0.494 e. The minimum absolute atomic E-state index is 0.154. The van der Waals surface area contributed by atoms with Crippen molar-refractivity contribution < 1.29 is 14.3 Å². The quantitative estimate of drug-likeness (QED) is 0.221. The van der Waals surface area contributed by atoms with Crippen molar-refractivity contribution >= 4 is 79.8 Å². The van der Waals surface area contributed by atoms with Crippen LogP contribution in [0.1, 0.15) is 18.1 Å². The maximum absolute atomic E-state index is 12.4. The number of hydrogen-bond donors (Lipinski definition) is 1. The molecule has 0 aliphatic carbocycles. The molecule has 0 spiro atoms. The molecule has 0 atom stereocenters. The number of amidine groups is 1. The average molecular weight is 682 g/mol. The Labute approximate surface area is 224 Å². The lowest BCUT2D eigenvalue weighted by Gasteiger charge is -2.09. The summed E-state index contributed by atoms with van der Waals surface area (Å²) in [4.78, 5) is 17.5. The van der Waals surface area contributed by atoms with Gasteiger partial charge in [-0.1, -0.05) is 18.2 Å². The molecular weight excluding hydrogens is 662 g/mol. The van der Waals surface area contributed by atoms with E-state index in [2.05, 4.69) is 79.8 Å². The van der Waals surface area contributed by atoms with Crippen molar-refractivity contribution in [2.45, 2.75) is 13.5 Å². The molecule has 0 bridgehead atoms. The predicted octanol–water partition coefficient (Wildman–Crippen LogP) is 6.77. The van der Waals surface area contributed by atoms with Gasteiger partial charge in [-0.05, 0) is 130 Å².